The van der Waals surface area contributed by atoms with Gasteiger partial charge >= 0.3 is 0 Å². The molecule has 5 heterocycles. The minimum atomic E-state index is -0.0326. The fraction of sp³-hybridized carbons (Fsp3) is 0.263. The monoisotopic (exact) mass is 378 g/mol. The van der Waals surface area contributed by atoms with Crippen molar-refractivity contribution in [3.05, 3.63) is 81.0 Å². The number of nitrogens with one attached hydrogen (secondary N) is 1. The van der Waals surface area contributed by atoms with Gasteiger partial charge in [0.05, 0.1) is 23.8 Å². The lowest BCUT2D eigenvalue weighted by Gasteiger charge is -2.34. The van der Waals surface area contributed by atoms with E-state index < -0.39 is 0 Å². The van der Waals surface area contributed by atoms with Crippen LogP contribution in [0, 0.1) is 6.92 Å². The first-order chi connectivity index (χ1) is 13.2. The van der Waals surface area contributed by atoms with Gasteiger partial charge in [-0.25, -0.2) is 9.97 Å². The third-order valence-electron chi connectivity index (χ3n) is 4.93. The Labute approximate surface area is 159 Å². The van der Waals surface area contributed by atoms with E-state index in [2.05, 4.69) is 25.9 Å². The van der Waals surface area contributed by atoms with E-state index in [0.29, 0.717) is 6.54 Å². The molecular weight excluding hydrogens is 360 g/mol. The van der Waals surface area contributed by atoms with Gasteiger partial charge in [0.2, 0.25) is 0 Å². The molecule has 5 rings (SSSR count). The molecule has 0 bridgehead atoms. The van der Waals surface area contributed by atoms with Crippen LogP contribution in [-0.2, 0) is 13.0 Å². The van der Waals surface area contributed by atoms with Gasteiger partial charge in [0.1, 0.15) is 0 Å². The zero-order valence-corrected chi connectivity index (χ0v) is 15.6. The summed E-state index contributed by atoms with van der Waals surface area (Å²) in [5.74, 6) is 0. The van der Waals surface area contributed by atoms with Crippen molar-refractivity contribution in [2.24, 2.45) is 0 Å². The Bertz CT molecular complexity index is 1160. The molecule has 0 amide bonds. The SMILES string of the molecule is Cc1cn2c(=O)cc(CN3CCc4[nH]cnc4C3c3cccnc3)nc2s1. The standard InChI is InChI=1S/C19H18N6OS/c1-12-9-25-16(26)7-14(23-19(25)27-12)10-24-6-4-15-17(22-11-21-15)18(24)13-3-2-5-20-8-13/h2-3,5,7-9,11,18H,4,6,10H2,1H3,(H,21,22). The molecule has 27 heavy (non-hydrogen) atoms. The molecule has 0 saturated carbocycles. The van der Waals surface area contributed by atoms with E-state index in [4.69, 9.17) is 4.98 Å². The van der Waals surface area contributed by atoms with Gasteiger partial charge in [-0.3, -0.25) is 19.1 Å². The maximum absolute atomic E-state index is 12.4. The fourth-order valence-corrected chi connectivity index (χ4v) is 4.60. The number of aromatic amines is 1. The van der Waals surface area contributed by atoms with Crippen molar-refractivity contribution >= 4 is 16.3 Å². The van der Waals surface area contributed by atoms with Crippen molar-refractivity contribution in [2.75, 3.05) is 6.54 Å². The van der Waals surface area contributed by atoms with Crippen LogP contribution in [0.2, 0.25) is 0 Å². The molecule has 0 aromatic carbocycles. The number of pyridine rings is 1. The molecule has 1 N–H and O–H groups in total. The smallest absolute Gasteiger partial charge is 0.258 e. The molecule has 1 atom stereocenters. The molecule has 0 radical (unpaired) electrons. The molecule has 136 valence electrons. The molecule has 8 heteroatoms. The van der Waals surface area contributed by atoms with E-state index in [-0.39, 0.29) is 11.6 Å². The predicted octanol–water partition coefficient (Wildman–Crippen LogP) is 2.33. The normalized spacial score (nSPS) is 17.3. The number of aryl methyl sites for hydroxylation is 1. The summed E-state index contributed by atoms with van der Waals surface area (Å²) >= 11 is 1.54. The number of hydrogen-bond donors (Lipinski definition) is 1. The van der Waals surface area contributed by atoms with Gasteiger partial charge < -0.3 is 4.98 Å². The van der Waals surface area contributed by atoms with Crippen LogP contribution in [0.25, 0.3) is 4.96 Å². The Hall–Kier alpha value is -2.84. The summed E-state index contributed by atoms with van der Waals surface area (Å²) in [6.07, 6.45) is 8.15. The Balaban J connectivity index is 1.55. The largest absolute Gasteiger partial charge is 0.348 e. The van der Waals surface area contributed by atoms with Gasteiger partial charge in [-0.1, -0.05) is 6.07 Å². The highest BCUT2D eigenvalue weighted by atomic mass is 32.1. The number of H-pyrrole nitrogens is 1. The first-order valence-electron chi connectivity index (χ1n) is 8.84. The van der Waals surface area contributed by atoms with Crippen LogP contribution < -0.4 is 5.56 Å². The molecule has 0 spiro atoms. The van der Waals surface area contributed by atoms with E-state index in [1.165, 1.54) is 11.3 Å². The van der Waals surface area contributed by atoms with Crippen LogP contribution in [0.3, 0.4) is 0 Å². The molecule has 7 nitrogen and oxygen atoms in total. The van der Waals surface area contributed by atoms with Crippen LogP contribution >= 0.6 is 11.3 Å². The molecule has 4 aromatic heterocycles. The van der Waals surface area contributed by atoms with Gasteiger partial charge in [0.15, 0.2) is 4.96 Å². The van der Waals surface area contributed by atoms with Crippen LogP contribution in [0.5, 0.6) is 0 Å². The maximum Gasteiger partial charge on any atom is 0.258 e. The Morgan fingerprint density at radius 2 is 2.33 bits per heavy atom. The average molecular weight is 378 g/mol. The molecule has 0 fully saturated rings. The van der Waals surface area contributed by atoms with Crippen molar-refractivity contribution in [1.82, 2.24) is 29.2 Å². The van der Waals surface area contributed by atoms with Crippen molar-refractivity contribution < 1.29 is 0 Å². The summed E-state index contributed by atoms with van der Waals surface area (Å²) in [7, 11) is 0. The Kier molecular flexibility index (Phi) is 3.87. The number of aromatic nitrogens is 5. The molecule has 0 saturated heterocycles. The minimum absolute atomic E-state index is 0.000904. The second-order valence-electron chi connectivity index (χ2n) is 6.76. The first kappa shape index (κ1) is 16.3. The molecule has 4 aromatic rings. The number of hydrogen-bond acceptors (Lipinski definition) is 6. The topological polar surface area (TPSA) is 79.2 Å². The van der Waals surface area contributed by atoms with Crippen LogP contribution in [0.15, 0.2) is 47.9 Å². The quantitative estimate of drug-likeness (QED) is 0.592. The predicted molar refractivity (Wildman–Crippen MR) is 103 cm³/mol. The van der Waals surface area contributed by atoms with Gasteiger partial charge in [-0.05, 0) is 18.6 Å². The number of thiazole rings is 1. The van der Waals surface area contributed by atoms with Crippen LogP contribution in [0.4, 0.5) is 0 Å². The van der Waals surface area contributed by atoms with E-state index >= 15 is 0 Å². The van der Waals surface area contributed by atoms with E-state index in [1.54, 1.807) is 23.0 Å². The summed E-state index contributed by atoms with van der Waals surface area (Å²) in [5, 5.41) is 0. The summed E-state index contributed by atoms with van der Waals surface area (Å²) in [6.45, 7) is 3.44. The second-order valence-corrected chi connectivity index (χ2v) is 7.97. The van der Waals surface area contributed by atoms with Crippen LogP contribution in [0.1, 0.15) is 33.6 Å². The zero-order chi connectivity index (χ0) is 18.4. The Morgan fingerprint density at radius 1 is 1.41 bits per heavy atom. The number of fused-ring (bicyclic) bond motifs is 2. The van der Waals surface area contributed by atoms with Gasteiger partial charge in [-0.15, -0.1) is 11.3 Å². The van der Waals surface area contributed by atoms with E-state index in [1.807, 2.05) is 25.4 Å². The van der Waals surface area contributed by atoms with Crippen molar-refractivity contribution in [2.45, 2.75) is 25.9 Å². The molecule has 1 unspecified atom stereocenters. The third-order valence-corrected chi connectivity index (χ3v) is 5.82. The van der Waals surface area contributed by atoms with Crippen molar-refractivity contribution in [1.29, 1.82) is 0 Å². The number of imidazole rings is 1. The third kappa shape index (κ3) is 2.87. The van der Waals surface area contributed by atoms with Crippen molar-refractivity contribution in [3.8, 4) is 0 Å². The highest BCUT2D eigenvalue weighted by Gasteiger charge is 2.31. The maximum atomic E-state index is 12.4. The molecule has 1 aliphatic heterocycles. The first-order valence-corrected chi connectivity index (χ1v) is 9.65. The average Bonchev–Trinajstić information content (AvgIpc) is 3.28. The van der Waals surface area contributed by atoms with Crippen molar-refractivity contribution in [3.63, 3.8) is 0 Å². The van der Waals surface area contributed by atoms with Crippen LogP contribution in [-0.4, -0.2) is 35.8 Å². The van der Waals surface area contributed by atoms with Gasteiger partial charge in [0.25, 0.3) is 5.56 Å². The lowest BCUT2D eigenvalue weighted by atomic mass is 9.96. The summed E-state index contributed by atoms with van der Waals surface area (Å²) < 4.78 is 1.62. The summed E-state index contributed by atoms with van der Waals surface area (Å²) in [4.78, 5) is 33.4. The van der Waals surface area contributed by atoms with Gasteiger partial charge in [-0.2, -0.15) is 0 Å². The molecule has 1 aliphatic rings. The minimum Gasteiger partial charge on any atom is -0.348 e. The Morgan fingerprint density at radius 3 is 3.19 bits per heavy atom. The molecular formula is C19H18N6OS. The summed E-state index contributed by atoms with van der Waals surface area (Å²) in [6, 6.07) is 5.65. The molecule has 0 aliphatic carbocycles. The van der Waals surface area contributed by atoms with E-state index in [0.717, 1.165) is 45.4 Å². The van der Waals surface area contributed by atoms with E-state index in [9.17, 15) is 4.79 Å². The highest BCUT2D eigenvalue weighted by molar-refractivity contribution is 7.16. The number of rotatable bonds is 3. The lowest BCUT2D eigenvalue weighted by molar-refractivity contribution is 0.197. The second kappa shape index (κ2) is 6.40. The zero-order valence-electron chi connectivity index (χ0n) is 14.8. The number of nitrogens with zero attached hydrogens (tertiary/aromatic N) is 5. The highest BCUT2D eigenvalue weighted by Crippen LogP contribution is 2.33. The van der Waals surface area contributed by atoms with Gasteiger partial charge in [0, 0.05) is 54.7 Å². The summed E-state index contributed by atoms with van der Waals surface area (Å²) in [5.41, 5.74) is 4.04. The fourth-order valence-electron chi connectivity index (χ4n) is 3.75. The lowest BCUT2D eigenvalue weighted by Crippen LogP contribution is -2.36.